The summed E-state index contributed by atoms with van der Waals surface area (Å²) in [5.74, 6) is -0.879. The van der Waals surface area contributed by atoms with E-state index in [1.807, 2.05) is 0 Å². The first-order chi connectivity index (χ1) is 36.5. The maximum atomic E-state index is 12.8. The minimum Gasteiger partial charge on any atom is -0.462 e. The van der Waals surface area contributed by atoms with E-state index in [9.17, 15) is 14.4 Å². The van der Waals surface area contributed by atoms with Crippen LogP contribution in [0.4, 0.5) is 0 Å². The molecule has 1 unspecified atom stereocenters. The van der Waals surface area contributed by atoms with E-state index in [1.165, 1.54) is 173 Å². The molecule has 0 amide bonds. The second kappa shape index (κ2) is 62.1. The molecule has 426 valence electrons. The van der Waals surface area contributed by atoms with Crippen LogP contribution in [0.1, 0.15) is 310 Å². The largest absolute Gasteiger partial charge is 0.462 e. The van der Waals surface area contributed by atoms with E-state index in [0.717, 1.165) is 96.3 Å². The van der Waals surface area contributed by atoms with Crippen LogP contribution in [-0.2, 0) is 28.6 Å². The highest BCUT2D eigenvalue weighted by molar-refractivity contribution is 5.71. The van der Waals surface area contributed by atoms with Gasteiger partial charge in [-0.3, -0.25) is 14.4 Å². The molecule has 0 bridgehead atoms. The lowest BCUT2D eigenvalue weighted by Gasteiger charge is -2.18. The predicted molar refractivity (Wildman–Crippen MR) is 321 cm³/mol. The van der Waals surface area contributed by atoms with Gasteiger partial charge in [0.2, 0.25) is 0 Å². The Labute approximate surface area is 458 Å². The number of allylic oxidation sites excluding steroid dienone is 14. The molecule has 0 saturated heterocycles. The molecule has 1 atom stereocenters. The van der Waals surface area contributed by atoms with E-state index >= 15 is 0 Å². The molecule has 0 N–H and O–H groups in total. The first-order valence-corrected chi connectivity index (χ1v) is 31.6. The van der Waals surface area contributed by atoms with Crippen molar-refractivity contribution in [1.82, 2.24) is 0 Å². The van der Waals surface area contributed by atoms with Gasteiger partial charge in [0.1, 0.15) is 13.2 Å². The monoisotopic (exact) mass is 1030 g/mol. The lowest BCUT2D eigenvalue weighted by atomic mass is 10.0. The van der Waals surface area contributed by atoms with Crippen LogP contribution in [0.2, 0.25) is 0 Å². The number of ether oxygens (including phenoxy) is 3. The smallest absolute Gasteiger partial charge is 0.306 e. The normalized spacial score (nSPS) is 12.6. The fourth-order valence-electron chi connectivity index (χ4n) is 8.91. The van der Waals surface area contributed by atoms with Crippen molar-refractivity contribution in [3.05, 3.63) is 85.1 Å². The van der Waals surface area contributed by atoms with Gasteiger partial charge in [-0.15, -0.1) is 0 Å². The SMILES string of the molecule is CC/C=C\C/C=C\C/C=C\C/C=C\C/C=C\C/C=C\CCCCCCCCCCCCCCC(=O)OCC(COC(=O)CCCCCCCC)OC(=O)CCCCCCCCCCC/C=C\CCCCCCCC. The van der Waals surface area contributed by atoms with Gasteiger partial charge >= 0.3 is 17.9 Å². The van der Waals surface area contributed by atoms with Gasteiger partial charge in [0.15, 0.2) is 6.10 Å². The maximum Gasteiger partial charge on any atom is 0.306 e. The Morgan fingerprint density at radius 1 is 0.284 bits per heavy atom. The highest BCUT2D eigenvalue weighted by atomic mass is 16.6. The summed E-state index contributed by atoms with van der Waals surface area (Å²) < 4.78 is 16.8. The zero-order valence-corrected chi connectivity index (χ0v) is 48.8. The Morgan fingerprint density at radius 3 is 0.838 bits per heavy atom. The minimum atomic E-state index is -0.774. The van der Waals surface area contributed by atoms with E-state index < -0.39 is 6.10 Å². The number of esters is 3. The zero-order valence-electron chi connectivity index (χ0n) is 48.8. The van der Waals surface area contributed by atoms with Crippen molar-refractivity contribution in [1.29, 1.82) is 0 Å². The second-order valence-electron chi connectivity index (χ2n) is 20.9. The lowest BCUT2D eigenvalue weighted by Crippen LogP contribution is -2.30. The minimum absolute atomic E-state index is 0.0752. The van der Waals surface area contributed by atoms with Crippen molar-refractivity contribution in [3.8, 4) is 0 Å². The fourth-order valence-corrected chi connectivity index (χ4v) is 8.91. The first kappa shape index (κ1) is 70.6. The second-order valence-corrected chi connectivity index (χ2v) is 20.9. The van der Waals surface area contributed by atoms with Crippen molar-refractivity contribution in [2.45, 2.75) is 316 Å². The first-order valence-electron chi connectivity index (χ1n) is 31.6. The van der Waals surface area contributed by atoms with Gasteiger partial charge in [-0.1, -0.05) is 279 Å². The zero-order chi connectivity index (χ0) is 53.6. The third-order valence-electron chi connectivity index (χ3n) is 13.6. The third kappa shape index (κ3) is 59.5. The fraction of sp³-hybridized carbons (Fsp3) is 0.750. The van der Waals surface area contributed by atoms with Gasteiger partial charge in [-0.2, -0.15) is 0 Å². The molecule has 6 heteroatoms. The molecular formula is C68H118O6. The quantitative estimate of drug-likeness (QED) is 0.0261. The van der Waals surface area contributed by atoms with Gasteiger partial charge in [-0.25, -0.2) is 0 Å². The molecule has 0 rings (SSSR count). The highest BCUT2D eigenvalue weighted by Gasteiger charge is 2.19. The number of hydrogen-bond acceptors (Lipinski definition) is 6. The van der Waals surface area contributed by atoms with Crippen LogP contribution in [0.15, 0.2) is 85.1 Å². The summed E-state index contributed by atoms with van der Waals surface area (Å²) in [5, 5.41) is 0. The molecule has 0 saturated carbocycles. The molecule has 0 aliphatic heterocycles. The molecule has 0 aromatic carbocycles. The molecule has 74 heavy (non-hydrogen) atoms. The van der Waals surface area contributed by atoms with E-state index in [1.54, 1.807) is 0 Å². The molecule has 0 aromatic heterocycles. The Bertz CT molecular complexity index is 1420. The van der Waals surface area contributed by atoms with Crippen molar-refractivity contribution in [2.24, 2.45) is 0 Å². The van der Waals surface area contributed by atoms with Gasteiger partial charge in [-0.05, 0) is 96.3 Å². The van der Waals surface area contributed by atoms with Crippen LogP contribution < -0.4 is 0 Å². The summed E-state index contributed by atoms with van der Waals surface area (Å²) in [5.41, 5.74) is 0. The average Bonchev–Trinajstić information content (AvgIpc) is 3.40. The molecule has 0 aliphatic rings. The van der Waals surface area contributed by atoms with Crippen LogP contribution in [0, 0.1) is 0 Å². The third-order valence-corrected chi connectivity index (χ3v) is 13.6. The van der Waals surface area contributed by atoms with E-state index in [-0.39, 0.29) is 31.1 Å². The van der Waals surface area contributed by atoms with Crippen molar-refractivity contribution in [2.75, 3.05) is 13.2 Å². The summed E-state index contributed by atoms with van der Waals surface area (Å²) >= 11 is 0. The van der Waals surface area contributed by atoms with Gasteiger partial charge in [0.25, 0.3) is 0 Å². The number of rotatable bonds is 57. The Morgan fingerprint density at radius 2 is 0.527 bits per heavy atom. The molecule has 0 heterocycles. The molecule has 0 spiro atoms. The molecule has 0 radical (unpaired) electrons. The number of carbonyl (C=O) groups excluding carboxylic acids is 3. The molecule has 0 aliphatic carbocycles. The van der Waals surface area contributed by atoms with Crippen LogP contribution in [0.5, 0.6) is 0 Å². The van der Waals surface area contributed by atoms with Crippen molar-refractivity contribution >= 4 is 17.9 Å². The lowest BCUT2D eigenvalue weighted by molar-refractivity contribution is -0.167. The summed E-state index contributed by atoms with van der Waals surface area (Å²) in [4.78, 5) is 38.0. The van der Waals surface area contributed by atoms with E-state index in [4.69, 9.17) is 14.2 Å². The van der Waals surface area contributed by atoms with Gasteiger partial charge in [0.05, 0.1) is 0 Å². The van der Waals surface area contributed by atoms with Crippen LogP contribution in [-0.4, -0.2) is 37.2 Å². The molecule has 0 fully saturated rings. The number of carbonyl (C=O) groups is 3. The molecule has 0 aromatic rings. The highest BCUT2D eigenvalue weighted by Crippen LogP contribution is 2.16. The van der Waals surface area contributed by atoms with Crippen LogP contribution in [0.25, 0.3) is 0 Å². The average molecular weight is 1030 g/mol. The summed E-state index contributed by atoms with van der Waals surface area (Å²) in [6.07, 6.45) is 82.0. The summed E-state index contributed by atoms with van der Waals surface area (Å²) in [6, 6.07) is 0. The standard InChI is InChI=1S/C68H118O6/c1-4-7-10-13-16-18-20-22-24-26-28-29-30-31-32-33-34-35-36-37-38-39-41-42-44-46-48-50-52-55-58-61-67(70)73-64-65(63-72-66(69)60-57-54-15-12-9-6-3)74-68(71)62-59-56-53-51-49-47-45-43-40-27-25-23-21-19-17-14-11-8-5-2/h7,10,16,18,22-25,28-29,31-32,34-35,65H,4-6,8-9,11-15,17,19-21,26-27,30,33,36-64H2,1-3H3/b10-7-,18-16-,24-22-,25-23-,29-28-,32-31-,35-34-. The van der Waals surface area contributed by atoms with Crippen LogP contribution >= 0.6 is 0 Å². The number of hydrogen-bond donors (Lipinski definition) is 0. The Hall–Kier alpha value is -3.41. The summed E-state index contributed by atoms with van der Waals surface area (Å²) in [7, 11) is 0. The topological polar surface area (TPSA) is 78.9 Å². The predicted octanol–water partition coefficient (Wildman–Crippen LogP) is 21.5. The van der Waals surface area contributed by atoms with Gasteiger partial charge < -0.3 is 14.2 Å². The van der Waals surface area contributed by atoms with Gasteiger partial charge in [0, 0.05) is 19.3 Å². The number of unbranched alkanes of at least 4 members (excludes halogenated alkanes) is 32. The maximum absolute atomic E-state index is 12.8. The summed E-state index contributed by atoms with van der Waals surface area (Å²) in [6.45, 7) is 6.48. The van der Waals surface area contributed by atoms with E-state index in [2.05, 4.69) is 106 Å². The Kier molecular flexibility index (Phi) is 59.3. The molecule has 6 nitrogen and oxygen atoms in total. The van der Waals surface area contributed by atoms with Crippen LogP contribution in [0.3, 0.4) is 0 Å². The van der Waals surface area contributed by atoms with E-state index in [0.29, 0.717) is 19.3 Å². The van der Waals surface area contributed by atoms with Crippen molar-refractivity contribution < 1.29 is 28.6 Å². The Balaban J connectivity index is 4.06. The van der Waals surface area contributed by atoms with Crippen molar-refractivity contribution in [3.63, 3.8) is 0 Å². The molecular weight excluding hydrogens is 913 g/mol.